The fourth-order valence-electron chi connectivity index (χ4n) is 2.53. The number of halogens is 3. The minimum atomic E-state index is -4.80. The van der Waals surface area contributed by atoms with Crippen molar-refractivity contribution in [1.29, 1.82) is 5.26 Å². The van der Waals surface area contributed by atoms with Crippen LogP contribution in [0.4, 0.5) is 18.9 Å². The molecular formula is C18H13F3N4O2. The van der Waals surface area contributed by atoms with E-state index in [0.717, 1.165) is 17.7 Å². The number of anilines is 1. The van der Waals surface area contributed by atoms with Gasteiger partial charge < -0.3 is 15.0 Å². The second-order valence-electron chi connectivity index (χ2n) is 5.72. The van der Waals surface area contributed by atoms with Gasteiger partial charge >= 0.3 is 6.36 Å². The Morgan fingerprint density at radius 2 is 1.96 bits per heavy atom. The minimum absolute atomic E-state index is 0.191. The Bertz CT molecular complexity index is 1020. The molecule has 0 aliphatic rings. The fraction of sp³-hybridized carbons (Fsp3) is 0.167. The Kier molecular flexibility index (Phi) is 4.73. The van der Waals surface area contributed by atoms with Gasteiger partial charge in [0.05, 0.1) is 17.1 Å². The Labute approximate surface area is 151 Å². The first-order chi connectivity index (χ1) is 12.8. The number of rotatable bonds is 4. The molecule has 2 aromatic carbocycles. The molecule has 1 heterocycles. The average Bonchev–Trinajstić information content (AvgIpc) is 3.01. The number of amides is 1. The topological polar surface area (TPSA) is 90.8 Å². The maximum Gasteiger partial charge on any atom is 0.573 e. The van der Waals surface area contributed by atoms with Crippen molar-refractivity contribution in [3.63, 3.8) is 0 Å². The summed E-state index contributed by atoms with van der Waals surface area (Å²) >= 11 is 0. The molecule has 1 unspecified atom stereocenters. The molecule has 1 aromatic heterocycles. The lowest BCUT2D eigenvalue weighted by Gasteiger charge is -2.11. The van der Waals surface area contributed by atoms with Gasteiger partial charge in [-0.15, -0.1) is 13.2 Å². The number of nitrogens with one attached hydrogen (secondary N) is 2. The molecule has 2 N–H and O–H groups in total. The number of hydrogen-bond donors (Lipinski definition) is 2. The highest BCUT2D eigenvalue weighted by Crippen LogP contribution is 2.25. The number of imidazole rings is 1. The van der Waals surface area contributed by atoms with Crippen LogP contribution < -0.4 is 10.1 Å². The van der Waals surface area contributed by atoms with Crippen LogP contribution in [0.3, 0.4) is 0 Å². The van der Waals surface area contributed by atoms with Gasteiger partial charge in [0.1, 0.15) is 11.6 Å². The van der Waals surface area contributed by atoms with Crippen LogP contribution in [0.15, 0.2) is 42.5 Å². The number of carbonyl (C=O) groups excluding carboxylic acids is 1. The second kappa shape index (κ2) is 6.99. The van der Waals surface area contributed by atoms with Crippen molar-refractivity contribution < 1.29 is 22.7 Å². The first kappa shape index (κ1) is 18.3. The van der Waals surface area contributed by atoms with Crippen molar-refractivity contribution in [2.45, 2.75) is 19.2 Å². The number of fused-ring (bicyclic) bond motifs is 1. The molecule has 1 amide bonds. The predicted octanol–water partition coefficient (Wildman–Crippen LogP) is 4.02. The lowest BCUT2D eigenvalue weighted by molar-refractivity contribution is -0.274. The van der Waals surface area contributed by atoms with E-state index < -0.39 is 23.9 Å². The van der Waals surface area contributed by atoms with Gasteiger partial charge in [0.15, 0.2) is 5.92 Å². The summed E-state index contributed by atoms with van der Waals surface area (Å²) in [5.74, 6) is -2.08. The predicted molar refractivity (Wildman–Crippen MR) is 90.9 cm³/mol. The molecule has 0 radical (unpaired) electrons. The molecular weight excluding hydrogens is 361 g/mol. The smallest absolute Gasteiger partial charge is 0.406 e. The summed E-state index contributed by atoms with van der Waals surface area (Å²) in [5, 5.41) is 11.9. The third-order valence-corrected chi connectivity index (χ3v) is 3.75. The maximum absolute atomic E-state index is 12.4. The SMILES string of the molecule is Cc1cccc2[nH]c(C(C#N)C(=O)Nc3ccc(OC(F)(F)F)cc3)nc12. The fourth-order valence-corrected chi connectivity index (χ4v) is 2.53. The molecule has 138 valence electrons. The van der Waals surface area contributed by atoms with Gasteiger partial charge in [-0.1, -0.05) is 12.1 Å². The van der Waals surface area contributed by atoms with E-state index in [1.165, 1.54) is 12.1 Å². The van der Waals surface area contributed by atoms with Crippen molar-refractivity contribution >= 4 is 22.6 Å². The molecule has 0 aliphatic carbocycles. The number of alkyl halides is 3. The van der Waals surface area contributed by atoms with Gasteiger partial charge in [-0.05, 0) is 42.8 Å². The van der Waals surface area contributed by atoms with E-state index >= 15 is 0 Å². The highest BCUT2D eigenvalue weighted by Gasteiger charge is 2.31. The van der Waals surface area contributed by atoms with Crippen LogP contribution in [-0.4, -0.2) is 22.2 Å². The summed E-state index contributed by atoms with van der Waals surface area (Å²) < 4.78 is 40.3. The molecule has 0 spiro atoms. The summed E-state index contributed by atoms with van der Waals surface area (Å²) in [5.41, 5.74) is 2.48. The largest absolute Gasteiger partial charge is 0.573 e. The summed E-state index contributed by atoms with van der Waals surface area (Å²) in [6, 6.07) is 12.0. The van der Waals surface area contributed by atoms with Gasteiger partial charge in [0, 0.05) is 5.69 Å². The number of benzene rings is 2. The number of hydrogen-bond acceptors (Lipinski definition) is 4. The van der Waals surface area contributed by atoms with Crippen LogP contribution in [0.5, 0.6) is 5.75 Å². The van der Waals surface area contributed by atoms with E-state index in [1.54, 1.807) is 6.07 Å². The molecule has 0 bridgehead atoms. The Morgan fingerprint density at radius 1 is 1.26 bits per heavy atom. The molecule has 27 heavy (non-hydrogen) atoms. The average molecular weight is 374 g/mol. The molecule has 3 aromatic rings. The van der Waals surface area contributed by atoms with Crippen LogP contribution in [0, 0.1) is 18.3 Å². The number of aromatic nitrogens is 2. The second-order valence-corrected chi connectivity index (χ2v) is 5.72. The third kappa shape index (κ3) is 4.17. The molecule has 3 rings (SSSR count). The van der Waals surface area contributed by atoms with Crippen LogP contribution in [-0.2, 0) is 4.79 Å². The normalized spacial score (nSPS) is 12.4. The molecule has 6 nitrogen and oxygen atoms in total. The monoisotopic (exact) mass is 374 g/mol. The lowest BCUT2D eigenvalue weighted by Crippen LogP contribution is -2.21. The van der Waals surface area contributed by atoms with E-state index in [1.807, 2.05) is 25.1 Å². The molecule has 0 saturated carbocycles. The molecule has 0 saturated heterocycles. The standard InChI is InChI=1S/C18H13F3N4O2/c1-10-3-2-4-14-15(10)25-16(24-14)13(9-22)17(26)23-11-5-7-12(8-6-11)27-18(19,20)21/h2-8,13H,1H3,(H,23,26)(H,24,25). The number of aromatic amines is 1. The number of para-hydroxylation sites is 1. The van der Waals surface area contributed by atoms with Gasteiger partial charge in [0.25, 0.3) is 0 Å². The van der Waals surface area contributed by atoms with Gasteiger partial charge in [-0.2, -0.15) is 5.26 Å². The first-order valence-corrected chi connectivity index (χ1v) is 7.78. The number of nitrogens with zero attached hydrogens (tertiary/aromatic N) is 2. The summed E-state index contributed by atoms with van der Waals surface area (Å²) in [4.78, 5) is 19.7. The maximum atomic E-state index is 12.4. The summed E-state index contributed by atoms with van der Waals surface area (Å²) in [6.45, 7) is 1.86. The molecule has 9 heteroatoms. The van der Waals surface area contributed by atoms with Crippen LogP contribution >= 0.6 is 0 Å². The zero-order valence-electron chi connectivity index (χ0n) is 14.0. The first-order valence-electron chi connectivity index (χ1n) is 7.78. The van der Waals surface area contributed by atoms with Crippen molar-refractivity contribution in [2.75, 3.05) is 5.32 Å². The van der Waals surface area contributed by atoms with Crippen LogP contribution in [0.2, 0.25) is 0 Å². The lowest BCUT2D eigenvalue weighted by atomic mass is 10.1. The Morgan fingerprint density at radius 3 is 2.56 bits per heavy atom. The molecule has 1 atom stereocenters. The van der Waals surface area contributed by atoms with Gasteiger partial charge in [-0.25, -0.2) is 4.98 Å². The summed E-state index contributed by atoms with van der Waals surface area (Å²) in [6.07, 6.45) is -4.80. The number of ether oxygens (including phenoxy) is 1. The summed E-state index contributed by atoms with van der Waals surface area (Å²) in [7, 11) is 0. The zero-order chi connectivity index (χ0) is 19.6. The van der Waals surface area contributed by atoms with Crippen molar-refractivity contribution in [2.24, 2.45) is 0 Å². The van der Waals surface area contributed by atoms with Crippen molar-refractivity contribution in [1.82, 2.24) is 9.97 Å². The number of nitriles is 1. The number of carbonyl (C=O) groups is 1. The zero-order valence-corrected chi connectivity index (χ0v) is 14.0. The quantitative estimate of drug-likeness (QED) is 0.722. The van der Waals surface area contributed by atoms with E-state index in [-0.39, 0.29) is 11.5 Å². The molecule has 0 fully saturated rings. The van der Waals surface area contributed by atoms with Crippen LogP contribution in [0.1, 0.15) is 17.3 Å². The van der Waals surface area contributed by atoms with Gasteiger partial charge in [0.2, 0.25) is 5.91 Å². The van der Waals surface area contributed by atoms with Crippen LogP contribution in [0.25, 0.3) is 11.0 Å². The molecule has 0 aliphatic heterocycles. The van der Waals surface area contributed by atoms with E-state index in [9.17, 15) is 23.2 Å². The van der Waals surface area contributed by atoms with Crippen molar-refractivity contribution in [3.8, 4) is 11.8 Å². The van der Waals surface area contributed by atoms with Crippen molar-refractivity contribution in [3.05, 3.63) is 53.9 Å². The Hall–Kier alpha value is -3.54. The van der Waals surface area contributed by atoms with E-state index in [4.69, 9.17) is 0 Å². The Balaban J connectivity index is 1.77. The number of aryl methyl sites for hydroxylation is 1. The highest BCUT2D eigenvalue weighted by atomic mass is 19.4. The minimum Gasteiger partial charge on any atom is -0.406 e. The third-order valence-electron chi connectivity index (χ3n) is 3.75. The van der Waals surface area contributed by atoms with Gasteiger partial charge in [-0.3, -0.25) is 4.79 Å². The van der Waals surface area contributed by atoms with E-state index in [0.29, 0.717) is 11.0 Å². The van der Waals surface area contributed by atoms with E-state index in [2.05, 4.69) is 20.0 Å². The highest BCUT2D eigenvalue weighted by molar-refractivity contribution is 5.97. The number of H-pyrrole nitrogens is 1.